The number of hydrogen-bond acceptors (Lipinski definition) is 2. The van der Waals surface area contributed by atoms with E-state index in [1.165, 1.54) is 0 Å². The minimum Gasteiger partial charge on any atom is -0.271 e. The summed E-state index contributed by atoms with van der Waals surface area (Å²) in [6, 6.07) is 5.82. The van der Waals surface area contributed by atoms with Gasteiger partial charge in [0, 0.05) is 21.1 Å². The molecule has 0 aliphatic heterocycles. The second-order valence-corrected chi connectivity index (χ2v) is 4.02. The Bertz CT molecular complexity index is 267. The highest BCUT2D eigenvalue weighted by Gasteiger charge is 2.13. The highest BCUT2D eigenvalue weighted by atomic mass is 79.9. The minimum absolute atomic E-state index is 0.100. The largest absolute Gasteiger partial charge is 0.271 e. The highest BCUT2D eigenvalue weighted by Crippen LogP contribution is 2.31. The quantitative estimate of drug-likeness (QED) is 0.650. The molecule has 0 bridgehead atoms. The molecule has 0 saturated carbocycles. The molecule has 0 aliphatic carbocycles. The van der Waals surface area contributed by atoms with E-state index in [1.807, 2.05) is 18.2 Å². The van der Waals surface area contributed by atoms with Gasteiger partial charge in [-0.3, -0.25) is 11.3 Å². The van der Waals surface area contributed by atoms with Crippen molar-refractivity contribution in [3.05, 3.63) is 33.3 Å². The van der Waals surface area contributed by atoms with Crippen LogP contribution in [0.5, 0.6) is 0 Å². The molecule has 13 heavy (non-hydrogen) atoms. The molecule has 2 nitrogen and oxygen atoms in total. The predicted molar refractivity (Wildman–Crippen MR) is 59.5 cm³/mol. The lowest BCUT2D eigenvalue weighted by Crippen LogP contribution is -2.27. The van der Waals surface area contributed by atoms with E-state index in [-0.39, 0.29) is 6.04 Å². The van der Waals surface area contributed by atoms with Gasteiger partial charge >= 0.3 is 0 Å². The first-order valence-corrected chi connectivity index (χ1v) is 5.27. The zero-order valence-corrected chi connectivity index (χ0v) is 9.69. The molecule has 0 radical (unpaired) electrons. The lowest BCUT2D eigenvalue weighted by molar-refractivity contribution is 0.537. The molecule has 1 aromatic rings. The maximum absolute atomic E-state index is 6.06. The lowest BCUT2D eigenvalue weighted by atomic mass is 10.1. The average molecular weight is 264 g/mol. The van der Waals surface area contributed by atoms with Gasteiger partial charge in [-0.2, -0.15) is 0 Å². The fourth-order valence-electron chi connectivity index (χ4n) is 1.25. The van der Waals surface area contributed by atoms with E-state index in [0.29, 0.717) is 0 Å². The topological polar surface area (TPSA) is 38.0 Å². The maximum Gasteiger partial charge on any atom is 0.0483 e. The predicted octanol–water partition coefficient (Wildman–Crippen LogP) is 3.02. The van der Waals surface area contributed by atoms with Gasteiger partial charge in [0.15, 0.2) is 0 Å². The zero-order chi connectivity index (χ0) is 9.84. The van der Waals surface area contributed by atoms with Gasteiger partial charge in [-0.05, 0) is 18.6 Å². The first kappa shape index (κ1) is 11.0. The van der Waals surface area contributed by atoms with Crippen LogP contribution in [0.15, 0.2) is 22.7 Å². The standard InChI is InChI=1S/C9H12BrClN2/c1-2-8(13-12)9-6(10)4-3-5-7(9)11/h3-5,8,13H,2,12H2,1H3. The summed E-state index contributed by atoms with van der Waals surface area (Å²) >= 11 is 9.51. The molecule has 72 valence electrons. The second kappa shape index (κ2) is 4.96. The Hall–Kier alpha value is -0.0900. The van der Waals surface area contributed by atoms with Gasteiger partial charge in [0.05, 0.1) is 0 Å². The van der Waals surface area contributed by atoms with Crippen LogP contribution in [-0.2, 0) is 0 Å². The summed E-state index contributed by atoms with van der Waals surface area (Å²) in [4.78, 5) is 0. The third kappa shape index (κ3) is 2.44. The van der Waals surface area contributed by atoms with Crippen molar-refractivity contribution in [1.29, 1.82) is 0 Å². The normalized spacial score (nSPS) is 12.9. The van der Waals surface area contributed by atoms with Crippen LogP contribution in [0.1, 0.15) is 24.9 Å². The Morgan fingerprint density at radius 2 is 2.31 bits per heavy atom. The second-order valence-electron chi connectivity index (χ2n) is 2.76. The first-order chi connectivity index (χ1) is 6.20. The van der Waals surface area contributed by atoms with Crippen LogP contribution in [-0.4, -0.2) is 0 Å². The Balaban J connectivity index is 3.10. The van der Waals surface area contributed by atoms with Crippen molar-refractivity contribution in [1.82, 2.24) is 5.43 Å². The highest BCUT2D eigenvalue weighted by molar-refractivity contribution is 9.10. The van der Waals surface area contributed by atoms with E-state index in [4.69, 9.17) is 17.4 Å². The van der Waals surface area contributed by atoms with Gasteiger partial charge in [0.2, 0.25) is 0 Å². The summed E-state index contributed by atoms with van der Waals surface area (Å²) < 4.78 is 0.991. The van der Waals surface area contributed by atoms with Gasteiger partial charge in [-0.15, -0.1) is 0 Å². The van der Waals surface area contributed by atoms with Crippen molar-refractivity contribution in [2.75, 3.05) is 0 Å². The SMILES string of the molecule is CCC(NN)c1c(Cl)cccc1Br. The summed E-state index contributed by atoms with van der Waals surface area (Å²) in [7, 11) is 0. The zero-order valence-electron chi connectivity index (χ0n) is 7.35. The number of hydrazine groups is 1. The van der Waals surface area contributed by atoms with Crippen LogP contribution in [0, 0.1) is 0 Å². The van der Waals surface area contributed by atoms with Crippen molar-refractivity contribution in [2.24, 2.45) is 5.84 Å². The van der Waals surface area contributed by atoms with E-state index >= 15 is 0 Å². The number of rotatable bonds is 3. The van der Waals surface area contributed by atoms with Gasteiger partial charge in [0.25, 0.3) is 0 Å². The molecular formula is C9H12BrClN2. The minimum atomic E-state index is 0.100. The van der Waals surface area contributed by atoms with E-state index in [2.05, 4.69) is 28.3 Å². The third-order valence-electron chi connectivity index (χ3n) is 1.96. The average Bonchev–Trinajstić information content (AvgIpc) is 2.11. The number of benzene rings is 1. The van der Waals surface area contributed by atoms with Crippen LogP contribution >= 0.6 is 27.5 Å². The number of nitrogens with two attached hydrogens (primary N) is 1. The Morgan fingerprint density at radius 1 is 1.62 bits per heavy atom. The molecule has 4 heteroatoms. The summed E-state index contributed by atoms with van der Waals surface area (Å²) in [6.07, 6.45) is 0.902. The number of nitrogens with one attached hydrogen (secondary N) is 1. The molecule has 0 saturated heterocycles. The van der Waals surface area contributed by atoms with Crippen molar-refractivity contribution in [3.8, 4) is 0 Å². The van der Waals surface area contributed by atoms with Crippen molar-refractivity contribution >= 4 is 27.5 Å². The first-order valence-electron chi connectivity index (χ1n) is 4.10. The van der Waals surface area contributed by atoms with Crippen LogP contribution in [0.2, 0.25) is 5.02 Å². The summed E-state index contributed by atoms with van der Waals surface area (Å²) in [5.74, 6) is 5.42. The van der Waals surface area contributed by atoms with Crippen molar-refractivity contribution in [2.45, 2.75) is 19.4 Å². The smallest absolute Gasteiger partial charge is 0.0483 e. The molecule has 0 fully saturated rings. The molecule has 1 aromatic carbocycles. The monoisotopic (exact) mass is 262 g/mol. The van der Waals surface area contributed by atoms with Crippen molar-refractivity contribution in [3.63, 3.8) is 0 Å². The van der Waals surface area contributed by atoms with E-state index in [9.17, 15) is 0 Å². The summed E-state index contributed by atoms with van der Waals surface area (Å²) in [5, 5.41) is 0.735. The molecule has 0 spiro atoms. The Labute approximate surface area is 91.6 Å². The molecule has 1 rings (SSSR count). The van der Waals surface area contributed by atoms with Gasteiger partial charge in [-0.1, -0.05) is 40.5 Å². The molecule has 0 amide bonds. The fourth-order valence-corrected chi connectivity index (χ4v) is 2.31. The van der Waals surface area contributed by atoms with Gasteiger partial charge in [0.1, 0.15) is 0 Å². The molecule has 0 heterocycles. The number of hydrogen-bond donors (Lipinski definition) is 2. The van der Waals surface area contributed by atoms with E-state index in [0.717, 1.165) is 21.5 Å². The molecular weight excluding hydrogens is 251 g/mol. The van der Waals surface area contributed by atoms with E-state index < -0.39 is 0 Å². The van der Waals surface area contributed by atoms with Crippen LogP contribution in [0.4, 0.5) is 0 Å². The fraction of sp³-hybridized carbons (Fsp3) is 0.333. The molecule has 0 aliphatic rings. The third-order valence-corrected chi connectivity index (χ3v) is 2.98. The van der Waals surface area contributed by atoms with Crippen LogP contribution < -0.4 is 11.3 Å². The molecule has 1 unspecified atom stereocenters. The molecule has 0 aromatic heterocycles. The Kier molecular flexibility index (Phi) is 4.19. The van der Waals surface area contributed by atoms with Crippen LogP contribution in [0.3, 0.4) is 0 Å². The van der Waals surface area contributed by atoms with Gasteiger partial charge < -0.3 is 0 Å². The van der Waals surface area contributed by atoms with Gasteiger partial charge in [-0.25, -0.2) is 0 Å². The lowest BCUT2D eigenvalue weighted by Gasteiger charge is -2.16. The maximum atomic E-state index is 6.06. The van der Waals surface area contributed by atoms with Crippen molar-refractivity contribution < 1.29 is 0 Å². The number of halogens is 2. The molecule has 3 N–H and O–H groups in total. The summed E-state index contributed by atoms with van der Waals surface area (Å²) in [6.45, 7) is 2.06. The Morgan fingerprint density at radius 3 is 2.77 bits per heavy atom. The van der Waals surface area contributed by atoms with E-state index in [1.54, 1.807) is 0 Å². The molecule has 1 atom stereocenters. The summed E-state index contributed by atoms with van der Waals surface area (Å²) in [5.41, 5.74) is 3.76. The van der Waals surface area contributed by atoms with Crippen LogP contribution in [0.25, 0.3) is 0 Å².